The smallest absolute Gasteiger partial charge is 0.387 e. The van der Waals surface area contributed by atoms with Crippen molar-refractivity contribution in [1.82, 2.24) is 5.32 Å². The monoisotopic (exact) mass is 382 g/mol. The highest BCUT2D eigenvalue weighted by Gasteiger charge is 2.13. The van der Waals surface area contributed by atoms with E-state index in [1.165, 1.54) is 6.07 Å². The molecule has 0 aliphatic carbocycles. The molecule has 140 valence electrons. The summed E-state index contributed by atoms with van der Waals surface area (Å²) in [5, 5.41) is 6.40. The molecule has 0 aromatic heterocycles. The van der Waals surface area contributed by atoms with E-state index in [4.69, 9.17) is 21.7 Å². The van der Waals surface area contributed by atoms with Crippen LogP contribution in [0, 0.1) is 0 Å². The lowest BCUT2D eigenvalue weighted by atomic mass is 10.0. The lowest BCUT2D eigenvalue weighted by Crippen LogP contribution is -2.31. The largest absolute Gasteiger partial charge is 0.497 e. The Bertz CT molecular complexity index is 727. The van der Waals surface area contributed by atoms with E-state index in [9.17, 15) is 8.78 Å². The van der Waals surface area contributed by atoms with Crippen molar-refractivity contribution in [2.45, 2.75) is 6.61 Å². The third-order valence-electron chi connectivity index (χ3n) is 3.45. The number of benzene rings is 2. The van der Waals surface area contributed by atoms with E-state index in [2.05, 4.69) is 15.4 Å². The van der Waals surface area contributed by atoms with Crippen LogP contribution in [-0.2, 0) is 4.74 Å². The molecule has 2 aromatic rings. The molecule has 0 radical (unpaired) electrons. The number of halogens is 2. The maximum absolute atomic E-state index is 12.7. The third kappa shape index (κ3) is 5.82. The zero-order chi connectivity index (χ0) is 18.9. The van der Waals surface area contributed by atoms with Gasteiger partial charge in [-0.3, -0.25) is 0 Å². The van der Waals surface area contributed by atoms with Crippen LogP contribution in [-0.4, -0.2) is 39.1 Å². The van der Waals surface area contributed by atoms with E-state index in [0.717, 1.165) is 0 Å². The number of hydrogen-bond donors (Lipinski definition) is 2. The summed E-state index contributed by atoms with van der Waals surface area (Å²) in [5.74, 6) is 0.747. The van der Waals surface area contributed by atoms with Crippen LogP contribution >= 0.6 is 12.2 Å². The van der Waals surface area contributed by atoms with Crippen molar-refractivity contribution < 1.29 is 23.0 Å². The number of ether oxygens (including phenoxy) is 3. The van der Waals surface area contributed by atoms with Crippen LogP contribution in [0.2, 0.25) is 0 Å². The SMILES string of the molecule is COCCNC(=S)Nc1ccc(OC(F)F)c(-c2ccc(OC)cc2)c1. The molecule has 0 saturated heterocycles. The minimum absolute atomic E-state index is 0.0778. The highest BCUT2D eigenvalue weighted by molar-refractivity contribution is 7.80. The molecular formula is C18H20F2N2O3S. The normalized spacial score (nSPS) is 10.5. The fourth-order valence-electron chi connectivity index (χ4n) is 2.24. The van der Waals surface area contributed by atoms with Crippen molar-refractivity contribution in [2.75, 3.05) is 32.7 Å². The molecule has 0 amide bonds. The number of methoxy groups -OCH3 is 2. The maximum atomic E-state index is 12.7. The summed E-state index contributed by atoms with van der Waals surface area (Å²) in [4.78, 5) is 0. The number of rotatable bonds is 8. The Kier molecular flexibility index (Phi) is 7.55. The van der Waals surface area contributed by atoms with Crippen molar-refractivity contribution in [2.24, 2.45) is 0 Å². The van der Waals surface area contributed by atoms with Crippen molar-refractivity contribution in [3.8, 4) is 22.6 Å². The highest BCUT2D eigenvalue weighted by atomic mass is 32.1. The molecule has 0 saturated carbocycles. The van der Waals surface area contributed by atoms with Gasteiger partial charge in [0.15, 0.2) is 5.11 Å². The molecule has 26 heavy (non-hydrogen) atoms. The zero-order valence-corrected chi connectivity index (χ0v) is 15.2. The Morgan fingerprint density at radius 2 is 1.85 bits per heavy atom. The number of hydrogen-bond acceptors (Lipinski definition) is 4. The summed E-state index contributed by atoms with van der Waals surface area (Å²) >= 11 is 5.20. The summed E-state index contributed by atoms with van der Waals surface area (Å²) < 4.78 is 40.1. The molecule has 2 aromatic carbocycles. The molecule has 0 unspecified atom stereocenters. The van der Waals surface area contributed by atoms with Crippen LogP contribution in [0.25, 0.3) is 11.1 Å². The highest BCUT2D eigenvalue weighted by Crippen LogP contribution is 2.34. The van der Waals surface area contributed by atoms with E-state index >= 15 is 0 Å². The predicted molar refractivity (Wildman–Crippen MR) is 101 cm³/mol. The molecule has 5 nitrogen and oxygen atoms in total. The van der Waals surface area contributed by atoms with Crippen LogP contribution in [0.3, 0.4) is 0 Å². The van der Waals surface area contributed by atoms with E-state index in [1.807, 2.05) is 0 Å². The van der Waals surface area contributed by atoms with Crippen LogP contribution in [0.4, 0.5) is 14.5 Å². The Morgan fingerprint density at radius 3 is 2.46 bits per heavy atom. The van der Waals surface area contributed by atoms with Gasteiger partial charge in [0.05, 0.1) is 13.7 Å². The second kappa shape index (κ2) is 9.88. The maximum Gasteiger partial charge on any atom is 0.387 e. The number of anilines is 1. The van der Waals surface area contributed by atoms with Gasteiger partial charge in [-0.15, -0.1) is 0 Å². The number of nitrogens with one attached hydrogen (secondary N) is 2. The molecule has 0 aliphatic heterocycles. The van der Waals surface area contributed by atoms with Gasteiger partial charge in [-0.25, -0.2) is 0 Å². The summed E-state index contributed by atoms with van der Waals surface area (Å²) in [6, 6.07) is 11.8. The van der Waals surface area contributed by atoms with Gasteiger partial charge < -0.3 is 24.8 Å². The molecule has 2 N–H and O–H groups in total. The molecule has 0 aliphatic rings. The quantitative estimate of drug-likeness (QED) is 0.534. The van der Waals surface area contributed by atoms with Gasteiger partial charge in [-0.05, 0) is 48.1 Å². The van der Waals surface area contributed by atoms with Gasteiger partial charge in [-0.1, -0.05) is 12.1 Å². The molecule has 0 atom stereocenters. The standard InChI is InChI=1S/C18H20F2N2O3S/c1-23-10-9-21-18(26)22-13-5-8-16(25-17(19)20)15(11-13)12-3-6-14(24-2)7-4-12/h3-8,11,17H,9-10H2,1-2H3,(H2,21,22,26). The summed E-state index contributed by atoms with van der Waals surface area (Å²) in [7, 11) is 3.16. The van der Waals surface area contributed by atoms with E-state index in [1.54, 1.807) is 50.6 Å². The third-order valence-corrected chi connectivity index (χ3v) is 3.69. The Morgan fingerprint density at radius 1 is 1.12 bits per heavy atom. The second-order valence-electron chi connectivity index (χ2n) is 5.19. The summed E-state index contributed by atoms with van der Waals surface area (Å²) in [6.07, 6.45) is 0. The van der Waals surface area contributed by atoms with Gasteiger partial charge in [0.25, 0.3) is 0 Å². The number of alkyl halides is 2. The molecule has 2 rings (SSSR count). The minimum atomic E-state index is -2.91. The van der Waals surface area contributed by atoms with Crippen molar-refractivity contribution in [3.05, 3.63) is 42.5 Å². The van der Waals surface area contributed by atoms with Crippen molar-refractivity contribution >= 4 is 23.0 Å². The molecule has 0 fully saturated rings. The van der Waals surface area contributed by atoms with Gasteiger partial charge in [0.2, 0.25) is 0 Å². The zero-order valence-electron chi connectivity index (χ0n) is 14.4. The van der Waals surface area contributed by atoms with Crippen LogP contribution < -0.4 is 20.1 Å². The van der Waals surface area contributed by atoms with E-state index < -0.39 is 6.61 Å². The molecule has 8 heteroatoms. The lowest BCUT2D eigenvalue weighted by molar-refractivity contribution is -0.0494. The van der Waals surface area contributed by atoms with Gasteiger partial charge in [0.1, 0.15) is 11.5 Å². The van der Waals surface area contributed by atoms with Crippen LogP contribution in [0.1, 0.15) is 0 Å². The molecule has 0 spiro atoms. The number of thiocarbonyl (C=S) groups is 1. The molecular weight excluding hydrogens is 362 g/mol. The fourth-order valence-corrected chi connectivity index (χ4v) is 2.46. The topological polar surface area (TPSA) is 51.8 Å². The molecule has 0 heterocycles. The average Bonchev–Trinajstić information content (AvgIpc) is 2.63. The lowest BCUT2D eigenvalue weighted by Gasteiger charge is -2.15. The Hall–Kier alpha value is -2.45. The van der Waals surface area contributed by atoms with Gasteiger partial charge in [-0.2, -0.15) is 8.78 Å². The second-order valence-corrected chi connectivity index (χ2v) is 5.60. The fraction of sp³-hybridized carbons (Fsp3) is 0.278. The molecule has 0 bridgehead atoms. The first-order valence-corrected chi connectivity index (χ1v) is 8.21. The average molecular weight is 382 g/mol. The van der Waals surface area contributed by atoms with Crippen molar-refractivity contribution in [3.63, 3.8) is 0 Å². The van der Waals surface area contributed by atoms with E-state index in [-0.39, 0.29) is 5.75 Å². The van der Waals surface area contributed by atoms with Crippen LogP contribution in [0.5, 0.6) is 11.5 Å². The van der Waals surface area contributed by atoms with Crippen molar-refractivity contribution in [1.29, 1.82) is 0 Å². The van der Waals surface area contributed by atoms with Gasteiger partial charge >= 0.3 is 6.61 Å². The first-order valence-electron chi connectivity index (χ1n) is 7.80. The summed E-state index contributed by atoms with van der Waals surface area (Å²) in [5.41, 5.74) is 1.87. The minimum Gasteiger partial charge on any atom is -0.497 e. The predicted octanol–water partition coefficient (Wildman–Crippen LogP) is 3.90. The van der Waals surface area contributed by atoms with Gasteiger partial charge in [0, 0.05) is 24.9 Å². The van der Waals surface area contributed by atoms with E-state index in [0.29, 0.717) is 40.8 Å². The summed E-state index contributed by atoms with van der Waals surface area (Å²) in [6.45, 7) is -1.84. The Labute approximate surface area is 156 Å². The Balaban J connectivity index is 2.25. The first kappa shape index (κ1) is 19.9. The first-order chi connectivity index (χ1) is 12.5. The van der Waals surface area contributed by atoms with Crippen LogP contribution in [0.15, 0.2) is 42.5 Å².